The van der Waals surface area contributed by atoms with Gasteiger partial charge in [0.1, 0.15) is 17.4 Å². The molecular formula is C27H28F4N4O4. The Labute approximate surface area is 222 Å². The van der Waals surface area contributed by atoms with Crippen molar-refractivity contribution in [3.05, 3.63) is 83.8 Å². The molecule has 2 heterocycles. The highest BCUT2D eigenvalue weighted by molar-refractivity contribution is 6.04. The number of alkyl halides is 3. The van der Waals surface area contributed by atoms with Crippen molar-refractivity contribution in [1.29, 1.82) is 0 Å². The number of rotatable bonds is 6. The van der Waals surface area contributed by atoms with E-state index < -0.39 is 18.0 Å². The van der Waals surface area contributed by atoms with E-state index in [9.17, 15) is 27.5 Å². The molecule has 1 saturated heterocycles. The summed E-state index contributed by atoms with van der Waals surface area (Å²) in [5.74, 6) is -2.44. The SMILES string of the molecule is CN(Cc1cccc(O)c1)C1CCN(c2cc(NC(=O)c3cccc(F)c3)ccn2)CC1.O=C(O)C(F)(F)F. The van der Waals surface area contributed by atoms with Crippen LogP contribution >= 0.6 is 0 Å². The molecule has 39 heavy (non-hydrogen) atoms. The van der Waals surface area contributed by atoms with E-state index in [1.165, 1.54) is 18.2 Å². The Bertz CT molecular complexity index is 1280. The van der Waals surface area contributed by atoms with Crippen LogP contribution in [0.15, 0.2) is 66.9 Å². The molecule has 0 unspecified atom stereocenters. The van der Waals surface area contributed by atoms with Crippen molar-refractivity contribution in [1.82, 2.24) is 9.88 Å². The molecule has 208 valence electrons. The smallest absolute Gasteiger partial charge is 0.490 e. The van der Waals surface area contributed by atoms with Gasteiger partial charge in [0.15, 0.2) is 0 Å². The molecule has 0 radical (unpaired) electrons. The number of carbonyl (C=O) groups is 2. The summed E-state index contributed by atoms with van der Waals surface area (Å²) in [6.45, 7) is 2.52. The molecule has 1 aromatic heterocycles. The summed E-state index contributed by atoms with van der Waals surface area (Å²) in [6, 6.07) is 17.0. The second kappa shape index (κ2) is 13.1. The number of carbonyl (C=O) groups excluding carboxylic acids is 1. The van der Waals surface area contributed by atoms with E-state index in [1.54, 1.807) is 30.5 Å². The number of phenolic OH excluding ortho intramolecular Hbond substituents is 1. The number of amides is 1. The molecular weight excluding hydrogens is 520 g/mol. The number of pyridine rings is 1. The van der Waals surface area contributed by atoms with E-state index in [4.69, 9.17) is 9.90 Å². The van der Waals surface area contributed by atoms with Crippen LogP contribution in [0.1, 0.15) is 28.8 Å². The lowest BCUT2D eigenvalue weighted by Crippen LogP contribution is -2.43. The zero-order valence-electron chi connectivity index (χ0n) is 21.0. The highest BCUT2D eigenvalue weighted by Crippen LogP contribution is 2.24. The maximum absolute atomic E-state index is 13.4. The number of benzene rings is 2. The van der Waals surface area contributed by atoms with Gasteiger partial charge in [0.2, 0.25) is 0 Å². The number of piperidine rings is 1. The lowest BCUT2D eigenvalue weighted by Gasteiger charge is -2.37. The first-order valence-corrected chi connectivity index (χ1v) is 12.0. The molecule has 12 heteroatoms. The van der Waals surface area contributed by atoms with Gasteiger partial charge in [0.25, 0.3) is 5.91 Å². The van der Waals surface area contributed by atoms with Crippen LogP contribution in [0, 0.1) is 5.82 Å². The van der Waals surface area contributed by atoms with Gasteiger partial charge in [0.05, 0.1) is 0 Å². The molecule has 0 spiro atoms. The molecule has 1 fully saturated rings. The minimum atomic E-state index is -5.08. The van der Waals surface area contributed by atoms with Crippen LogP contribution in [-0.4, -0.2) is 64.3 Å². The molecule has 3 aromatic rings. The van der Waals surface area contributed by atoms with Gasteiger partial charge in [-0.3, -0.25) is 9.69 Å². The Morgan fingerprint density at radius 3 is 2.36 bits per heavy atom. The maximum Gasteiger partial charge on any atom is 0.490 e. The van der Waals surface area contributed by atoms with Crippen LogP contribution in [-0.2, 0) is 11.3 Å². The lowest BCUT2D eigenvalue weighted by molar-refractivity contribution is -0.192. The first-order chi connectivity index (χ1) is 18.4. The number of hydrogen-bond acceptors (Lipinski definition) is 6. The molecule has 1 aliphatic rings. The predicted octanol–water partition coefficient (Wildman–Crippen LogP) is 4.91. The number of anilines is 2. The molecule has 0 aliphatic carbocycles. The molecule has 2 aromatic carbocycles. The van der Waals surface area contributed by atoms with Gasteiger partial charge in [-0.25, -0.2) is 14.2 Å². The van der Waals surface area contributed by atoms with E-state index in [-0.39, 0.29) is 11.5 Å². The topological polar surface area (TPSA) is 106 Å². The third-order valence-electron chi connectivity index (χ3n) is 6.09. The number of aromatic nitrogens is 1. The van der Waals surface area contributed by atoms with Crippen LogP contribution in [0.25, 0.3) is 0 Å². The van der Waals surface area contributed by atoms with Crippen LogP contribution in [0.4, 0.5) is 29.1 Å². The monoisotopic (exact) mass is 548 g/mol. The highest BCUT2D eigenvalue weighted by atomic mass is 19.4. The van der Waals surface area contributed by atoms with Crippen LogP contribution in [0.5, 0.6) is 5.75 Å². The summed E-state index contributed by atoms with van der Waals surface area (Å²) in [7, 11) is 2.12. The zero-order valence-corrected chi connectivity index (χ0v) is 21.0. The van der Waals surface area contributed by atoms with Gasteiger partial charge in [-0.2, -0.15) is 13.2 Å². The number of hydrogen-bond donors (Lipinski definition) is 3. The number of aromatic hydroxyl groups is 1. The van der Waals surface area contributed by atoms with Gasteiger partial charge in [-0.15, -0.1) is 0 Å². The first kappa shape index (κ1) is 29.4. The van der Waals surface area contributed by atoms with Crippen molar-refractivity contribution < 1.29 is 37.4 Å². The van der Waals surface area contributed by atoms with E-state index >= 15 is 0 Å². The van der Waals surface area contributed by atoms with E-state index in [1.807, 2.05) is 18.2 Å². The summed E-state index contributed by atoms with van der Waals surface area (Å²) in [6.07, 6.45) is -1.41. The molecule has 3 N–H and O–H groups in total. The van der Waals surface area contributed by atoms with Crippen molar-refractivity contribution in [2.24, 2.45) is 0 Å². The predicted molar refractivity (Wildman–Crippen MR) is 137 cm³/mol. The minimum Gasteiger partial charge on any atom is -0.508 e. The largest absolute Gasteiger partial charge is 0.508 e. The molecule has 4 rings (SSSR count). The average molecular weight is 549 g/mol. The van der Waals surface area contributed by atoms with E-state index in [0.717, 1.165) is 43.9 Å². The number of nitrogens with zero attached hydrogens (tertiary/aromatic N) is 3. The molecule has 1 amide bonds. The Morgan fingerprint density at radius 1 is 1.08 bits per heavy atom. The third kappa shape index (κ3) is 8.95. The molecule has 0 bridgehead atoms. The first-order valence-electron chi connectivity index (χ1n) is 12.0. The second-order valence-corrected chi connectivity index (χ2v) is 8.97. The standard InChI is InChI=1S/C25H27FN4O2.C2HF3O2/c1-29(17-18-4-2-7-23(31)14-18)22-9-12-30(13-10-22)24-16-21(8-11-27-24)28-25(32)19-5-3-6-20(26)15-19;3-2(4,5)1(6)7/h2-8,11,14-16,22,31H,9-10,12-13,17H2,1H3,(H,27,28,32);(H,6,7). The fourth-order valence-electron chi connectivity index (χ4n) is 4.11. The fourth-order valence-corrected chi connectivity index (χ4v) is 4.11. The second-order valence-electron chi connectivity index (χ2n) is 8.97. The Hall–Kier alpha value is -4.19. The van der Waals surface area contributed by atoms with Gasteiger partial charge in [-0.05, 0) is 61.9 Å². The Kier molecular flexibility index (Phi) is 9.83. The van der Waals surface area contributed by atoms with Gasteiger partial charge >= 0.3 is 12.1 Å². The van der Waals surface area contributed by atoms with Crippen LogP contribution in [0.3, 0.4) is 0 Å². The number of aliphatic carboxylic acids is 1. The number of carboxylic acid groups (broad SMARTS) is 1. The summed E-state index contributed by atoms with van der Waals surface area (Å²) >= 11 is 0. The number of halogens is 4. The van der Waals surface area contributed by atoms with E-state index in [2.05, 4.69) is 27.1 Å². The van der Waals surface area contributed by atoms with Crippen molar-refractivity contribution in [3.63, 3.8) is 0 Å². The quantitative estimate of drug-likeness (QED) is 0.376. The molecule has 0 saturated carbocycles. The fraction of sp³-hybridized carbons (Fsp3) is 0.296. The Morgan fingerprint density at radius 2 is 1.74 bits per heavy atom. The van der Waals surface area contributed by atoms with Crippen molar-refractivity contribution in [2.75, 3.05) is 30.4 Å². The third-order valence-corrected chi connectivity index (χ3v) is 6.09. The van der Waals surface area contributed by atoms with Gasteiger partial charge < -0.3 is 20.4 Å². The van der Waals surface area contributed by atoms with E-state index in [0.29, 0.717) is 17.5 Å². The van der Waals surface area contributed by atoms with Crippen molar-refractivity contribution in [2.45, 2.75) is 31.6 Å². The average Bonchev–Trinajstić information content (AvgIpc) is 2.89. The summed E-state index contributed by atoms with van der Waals surface area (Å²) in [5, 5.41) is 19.6. The highest BCUT2D eigenvalue weighted by Gasteiger charge is 2.38. The van der Waals surface area contributed by atoms with Gasteiger partial charge in [0, 0.05) is 49.2 Å². The summed E-state index contributed by atoms with van der Waals surface area (Å²) in [4.78, 5) is 30.3. The zero-order chi connectivity index (χ0) is 28.6. The minimum absolute atomic E-state index is 0.277. The molecule has 8 nitrogen and oxygen atoms in total. The summed E-state index contributed by atoms with van der Waals surface area (Å²) in [5.41, 5.74) is 2.00. The number of carboxylic acids is 1. The summed E-state index contributed by atoms with van der Waals surface area (Å²) < 4.78 is 45.1. The number of phenols is 1. The van der Waals surface area contributed by atoms with Crippen LogP contribution in [0.2, 0.25) is 0 Å². The van der Waals surface area contributed by atoms with Gasteiger partial charge in [-0.1, -0.05) is 18.2 Å². The number of nitrogens with one attached hydrogen (secondary N) is 1. The van der Waals surface area contributed by atoms with Crippen molar-refractivity contribution in [3.8, 4) is 5.75 Å². The normalized spacial score (nSPS) is 13.9. The molecule has 1 aliphatic heterocycles. The molecule has 0 atom stereocenters. The van der Waals surface area contributed by atoms with Crippen molar-refractivity contribution >= 4 is 23.4 Å². The maximum atomic E-state index is 13.4. The van der Waals surface area contributed by atoms with Crippen LogP contribution < -0.4 is 10.2 Å². The lowest BCUT2D eigenvalue weighted by atomic mass is 10.0. The Balaban J connectivity index is 0.000000532.